The zero-order valence-corrected chi connectivity index (χ0v) is 15.4. The Balaban J connectivity index is 1.69. The molecule has 3 rings (SSSR count). The number of amides is 1. The quantitative estimate of drug-likeness (QED) is 0.799. The largest absolute Gasteiger partial charge is 0.444 e. The van der Waals surface area contributed by atoms with Crippen LogP contribution in [-0.4, -0.2) is 39.7 Å². The van der Waals surface area contributed by atoms with Gasteiger partial charge in [-0.1, -0.05) is 30.3 Å². The van der Waals surface area contributed by atoms with E-state index in [1.54, 1.807) is 4.90 Å². The molecule has 0 unspecified atom stereocenters. The summed E-state index contributed by atoms with van der Waals surface area (Å²) in [6.07, 6.45) is 2.42. The van der Waals surface area contributed by atoms with Gasteiger partial charge in [0.15, 0.2) is 5.82 Å². The maximum absolute atomic E-state index is 14.2. The fraction of sp³-hybridized carbons (Fsp3) is 0.450. The van der Waals surface area contributed by atoms with E-state index in [-0.39, 0.29) is 12.0 Å². The maximum Gasteiger partial charge on any atom is 0.410 e. The molecule has 1 aliphatic heterocycles. The van der Waals surface area contributed by atoms with Crippen molar-refractivity contribution in [2.45, 2.75) is 45.1 Å². The Bertz CT molecular complexity index is 766. The third kappa shape index (κ3) is 4.36. The topological polar surface area (TPSA) is 55.3 Å². The molecule has 0 aliphatic carbocycles. The smallest absolute Gasteiger partial charge is 0.410 e. The Labute approximate surface area is 153 Å². The summed E-state index contributed by atoms with van der Waals surface area (Å²) in [6.45, 7) is 6.74. The number of piperidine rings is 1. The summed E-state index contributed by atoms with van der Waals surface area (Å²) in [4.78, 5) is 22.5. The molecule has 0 N–H and O–H groups in total. The van der Waals surface area contributed by atoms with Crippen LogP contribution in [0, 0.1) is 5.82 Å². The van der Waals surface area contributed by atoms with Gasteiger partial charge in [-0.25, -0.2) is 19.2 Å². The number of hydrogen-bond acceptors (Lipinski definition) is 4. The monoisotopic (exact) mass is 357 g/mol. The van der Waals surface area contributed by atoms with Crippen molar-refractivity contribution < 1.29 is 13.9 Å². The van der Waals surface area contributed by atoms with Crippen LogP contribution in [0.15, 0.2) is 36.5 Å². The van der Waals surface area contributed by atoms with Gasteiger partial charge < -0.3 is 9.64 Å². The Morgan fingerprint density at radius 2 is 1.85 bits per heavy atom. The highest BCUT2D eigenvalue weighted by molar-refractivity contribution is 5.68. The van der Waals surface area contributed by atoms with Crippen LogP contribution in [0.4, 0.5) is 9.18 Å². The minimum atomic E-state index is -0.501. The first kappa shape index (κ1) is 18.3. The molecule has 1 saturated heterocycles. The molecular formula is C20H24FN3O2. The first-order chi connectivity index (χ1) is 12.3. The van der Waals surface area contributed by atoms with Crippen LogP contribution in [-0.2, 0) is 4.74 Å². The van der Waals surface area contributed by atoms with Gasteiger partial charge in [0.2, 0.25) is 0 Å². The number of carbonyl (C=O) groups excluding carboxylic acids is 1. The van der Waals surface area contributed by atoms with Crippen molar-refractivity contribution in [2.75, 3.05) is 13.1 Å². The molecule has 1 aliphatic rings. The van der Waals surface area contributed by atoms with Gasteiger partial charge in [-0.05, 0) is 33.6 Å². The molecule has 1 fully saturated rings. The molecular weight excluding hydrogens is 333 g/mol. The number of rotatable bonds is 2. The summed E-state index contributed by atoms with van der Waals surface area (Å²) in [5.41, 5.74) is 0.559. The number of benzene rings is 1. The Kier molecular flexibility index (Phi) is 5.20. The number of carbonyl (C=O) groups is 1. The molecule has 26 heavy (non-hydrogen) atoms. The van der Waals surface area contributed by atoms with E-state index in [0.29, 0.717) is 24.6 Å². The van der Waals surface area contributed by atoms with Crippen molar-refractivity contribution in [1.29, 1.82) is 0 Å². The molecule has 1 aromatic carbocycles. The predicted octanol–water partition coefficient (Wildman–Crippen LogP) is 4.40. The molecule has 2 aromatic rings. The van der Waals surface area contributed by atoms with Crippen molar-refractivity contribution in [3.63, 3.8) is 0 Å². The number of aromatic nitrogens is 2. The summed E-state index contributed by atoms with van der Waals surface area (Å²) in [6, 6.07) is 9.27. The van der Waals surface area contributed by atoms with Crippen molar-refractivity contribution in [3.05, 3.63) is 48.2 Å². The van der Waals surface area contributed by atoms with E-state index in [0.717, 1.165) is 18.4 Å². The molecule has 138 valence electrons. The zero-order chi connectivity index (χ0) is 18.7. The van der Waals surface area contributed by atoms with Gasteiger partial charge in [-0.2, -0.15) is 0 Å². The second kappa shape index (κ2) is 7.40. The molecule has 1 aromatic heterocycles. The van der Waals surface area contributed by atoms with Gasteiger partial charge in [-0.15, -0.1) is 0 Å². The standard InChI is InChI=1S/C20H24FN3O2/c1-20(2,3)26-19(25)24-11-9-15(10-12-24)18-22-13-16(21)17(23-18)14-7-5-4-6-8-14/h4-8,13,15H,9-12H2,1-3H3. The van der Waals surface area contributed by atoms with E-state index < -0.39 is 11.4 Å². The van der Waals surface area contributed by atoms with Crippen LogP contribution in [0.1, 0.15) is 45.4 Å². The van der Waals surface area contributed by atoms with E-state index in [9.17, 15) is 9.18 Å². The number of nitrogens with zero attached hydrogens (tertiary/aromatic N) is 3. The van der Waals surface area contributed by atoms with Gasteiger partial charge in [0.1, 0.15) is 17.1 Å². The fourth-order valence-electron chi connectivity index (χ4n) is 3.02. The van der Waals surface area contributed by atoms with Crippen LogP contribution < -0.4 is 0 Å². The molecule has 6 heteroatoms. The lowest BCUT2D eigenvalue weighted by atomic mass is 9.96. The van der Waals surface area contributed by atoms with Crippen LogP contribution in [0.2, 0.25) is 0 Å². The number of hydrogen-bond donors (Lipinski definition) is 0. The summed E-state index contributed by atoms with van der Waals surface area (Å²) in [5, 5.41) is 0. The highest BCUT2D eigenvalue weighted by Gasteiger charge is 2.29. The van der Waals surface area contributed by atoms with Gasteiger partial charge in [-0.3, -0.25) is 0 Å². The third-order valence-electron chi connectivity index (χ3n) is 4.32. The third-order valence-corrected chi connectivity index (χ3v) is 4.32. The van der Waals surface area contributed by atoms with Gasteiger partial charge >= 0.3 is 6.09 Å². The van der Waals surface area contributed by atoms with Crippen LogP contribution in [0.25, 0.3) is 11.3 Å². The fourth-order valence-corrected chi connectivity index (χ4v) is 3.02. The van der Waals surface area contributed by atoms with Gasteiger partial charge in [0.25, 0.3) is 0 Å². The lowest BCUT2D eigenvalue weighted by molar-refractivity contribution is 0.0203. The Morgan fingerprint density at radius 1 is 1.19 bits per heavy atom. The number of likely N-dealkylation sites (tertiary alicyclic amines) is 1. The van der Waals surface area contributed by atoms with E-state index in [1.165, 1.54) is 6.20 Å². The van der Waals surface area contributed by atoms with Gasteiger partial charge in [0, 0.05) is 24.6 Å². The summed E-state index contributed by atoms with van der Waals surface area (Å²) in [7, 11) is 0. The average Bonchev–Trinajstić information content (AvgIpc) is 2.61. The minimum absolute atomic E-state index is 0.108. The Morgan fingerprint density at radius 3 is 2.46 bits per heavy atom. The molecule has 0 bridgehead atoms. The highest BCUT2D eigenvalue weighted by Crippen LogP contribution is 2.29. The molecule has 0 spiro atoms. The van der Waals surface area contributed by atoms with E-state index in [2.05, 4.69) is 9.97 Å². The molecule has 0 atom stereocenters. The maximum atomic E-state index is 14.2. The van der Waals surface area contributed by atoms with Crippen LogP contribution in [0.5, 0.6) is 0 Å². The van der Waals surface area contributed by atoms with E-state index in [1.807, 2.05) is 51.1 Å². The molecule has 2 heterocycles. The minimum Gasteiger partial charge on any atom is -0.444 e. The number of halogens is 1. The Hall–Kier alpha value is -2.50. The van der Waals surface area contributed by atoms with E-state index in [4.69, 9.17) is 4.74 Å². The molecule has 0 saturated carbocycles. The SMILES string of the molecule is CC(C)(C)OC(=O)N1CCC(c2ncc(F)c(-c3ccccc3)n2)CC1. The predicted molar refractivity (Wildman–Crippen MR) is 97.2 cm³/mol. The van der Waals surface area contributed by atoms with Crippen LogP contribution in [0.3, 0.4) is 0 Å². The normalized spacial score (nSPS) is 15.8. The number of ether oxygens (including phenoxy) is 1. The van der Waals surface area contributed by atoms with Crippen molar-refractivity contribution >= 4 is 6.09 Å². The van der Waals surface area contributed by atoms with Crippen LogP contribution >= 0.6 is 0 Å². The molecule has 5 nitrogen and oxygen atoms in total. The van der Waals surface area contributed by atoms with E-state index >= 15 is 0 Å². The molecule has 0 radical (unpaired) electrons. The lowest BCUT2D eigenvalue weighted by Gasteiger charge is -2.33. The van der Waals surface area contributed by atoms with Crippen molar-refractivity contribution in [2.24, 2.45) is 0 Å². The van der Waals surface area contributed by atoms with Crippen molar-refractivity contribution in [1.82, 2.24) is 14.9 Å². The summed E-state index contributed by atoms with van der Waals surface area (Å²) >= 11 is 0. The molecule has 1 amide bonds. The lowest BCUT2D eigenvalue weighted by Crippen LogP contribution is -2.41. The second-order valence-electron chi connectivity index (χ2n) is 7.53. The highest BCUT2D eigenvalue weighted by atomic mass is 19.1. The average molecular weight is 357 g/mol. The summed E-state index contributed by atoms with van der Waals surface area (Å²) in [5.74, 6) is 0.317. The summed E-state index contributed by atoms with van der Waals surface area (Å²) < 4.78 is 19.6. The first-order valence-electron chi connectivity index (χ1n) is 8.89. The zero-order valence-electron chi connectivity index (χ0n) is 15.4. The van der Waals surface area contributed by atoms with Gasteiger partial charge in [0.05, 0.1) is 6.20 Å². The first-order valence-corrected chi connectivity index (χ1v) is 8.89. The second-order valence-corrected chi connectivity index (χ2v) is 7.53. The van der Waals surface area contributed by atoms with Crippen molar-refractivity contribution in [3.8, 4) is 11.3 Å².